The fourth-order valence-electron chi connectivity index (χ4n) is 3.63. The topological polar surface area (TPSA) is 387 Å². The van der Waals surface area contributed by atoms with Crippen LogP contribution in [0.1, 0.15) is 51.4 Å². The molecule has 0 bridgehead atoms. The Morgan fingerprint density at radius 3 is 1.20 bits per heavy atom. The van der Waals surface area contributed by atoms with Crippen LogP contribution in [-0.4, -0.2) is 135 Å². The minimum absolute atomic E-state index is 0.287. The number of hydrogen-bond acceptors (Lipinski definition) is 12. The van der Waals surface area contributed by atoms with Gasteiger partial charge in [-0.3, -0.25) is 52.7 Å². The number of carboxylic acids is 5. The van der Waals surface area contributed by atoms with Gasteiger partial charge in [-0.1, -0.05) is 0 Å². The second-order valence-electron chi connectivity index (χ2n) is 10.2. The average Bonchev–Trinajstić information content (AvgIpc) is 3.01. The van der Waals surface area contributed by atoms with E-state index >= 15 is 0 Å². The van der Waals surface area contributed by atoms with Gasteiger partial charge in [0.25, 0.3) is 0 Å². The van der Waals surface area contributed by atoms with Crippen LogP contribution in [0.3, 0.4) is 0 Å². The van der Waals surface area contributed by atoms with Crippen molar-refractivity contribution in [3.8, 4) is 0 Å². The molecule has 0 aliphatic carbocycles. The van der Waals surface area contributed by atoms with Crippen molar-refractivity contribution < 1.29 is 78.3 Å². The Balaban J connectivity index is 5.32. The van der Waals surface area contributed by atoms with Crippen molar-refractivity contribution in [2.75, 3.05) is 19.6 Å². The molecule has 0 rings (SSSR count). The summed E-state index contributed by atoms with van der Waals surface area (Å²) in [5.74, 6) is -12.9. The van der Waals surface area contributed by atoms with Gasteiger partial charge in [0.15, 0.2) is 0 Å². The zero-order valence-electron chi connectivity index (χ0n) is 25.9. The fraction of sp³-hybridized carbons (Fsp3) is 0.577. The fourth-order valence-corrected chi connectivity index (χ4v) is 3.63. The molecular weight excluding hydrogens is 666 g/mol. The molecule has 0 radical (unpaired) electrons. The number of carboxylic acid groups (broad SMARTS) is 5. The maximum absolute atomic E-state index is 12.9. The number of nitrogens with two attached hydrogens (primary N) is 1. The molecule has 0 aromatic heterocycles. The third-order valence-electron chi connectivity index (χ3n) is 6.15. The maximum Gasteiger partial charge on any atom is 0.322 e. The van der Waals surface area contributed by atoms with E-state index in [1.165, 1.54) is 0 Å². The zero-order valence-corrected chi connectivity index (χ0v) is 25.9. The predicted octanol–water partition coefficient (Wildman–Crippen LogP) is -5.34. The summed E-state index contributed by atoms with van der Waals surface area (Å²) in [7, 11) is 0. The van der Waals surface area contributed by atoms with Gasteiger partial charge >= 0.3 is 29.8 Å². The molecular formula is C26H39N7O16. The van der Waals surface area contributed by atoms with E-state index in [9.17, 15) is 52.7 Å². The minimum atomic E-state index is -1.62. The van der Waals surface area contributed by atoms with Crippen molar-refractivity contribution in [2.24, 2.45) is 5.73 Å². The lowest BCUT2D eigenvalue weighted by Crippen LogP contribution is -2.55. The first kappa shape index (κ1) is 43.1. The summed E-state index contributed by atoms with van der Waals surface area (Å²) in [5.41, 5.74) is 5.59. The summed E-state index contributed by atoms with van der Waals surface area (Å²) in [6.07, 6.45) is -4.07. The number of rotatable bonds is 25. The molecule has 4 atom stereocenters. The lowest BCUT2D eigenvalue weighted by molar-refractivity contribution is -0.140. The summed E-state index contributed by atoms with van der Waals surface area (Å²) >= 11 is 0. The van der Waals surface area contributed by atoms with E-state index in [2.05, 4.69) is 26.6 Å². The van der Waals surface area contributed by atoms with Crippen LogP contribution in [0.25, 0.3) is 0 Å². The first-order valence-corrected chi connectivity index (χ1v) is 14.4. The molecule has 0 saturated heterocycles. The Hall–Kier alpha value is -5.87. The molecule has 0 spiro atoms. The molecule has 0 heterocycles. The van der Waals surface area contributed by atoms with Crippen LogP contribution in [0.15, 0.2) is 0 Å². The second kappa shape index (κ2) is 22.6. The number of aliphatic carboxylic acids is 5. The molecule has 0 aliphatic heterocycles. The van der Waals surface area contributed by atoms with Crippen LogP contribution in [0.2, 0.25) is 0 Å². The van der Waals surface area contributed by atoms with Gasteiger partial charge < -0.3 is 63.2 Å². The Bertz CT molecular complexity index is 1270. The van der Waals surface area contributed by atoms with E-state index in [4.69, 9.17) is 31.3 Å². The van der Waals surface area contributed by atoms with E-state index < -0.39 is 154 Å². The second-order valence-corrected chi connectivity index (χ2v) is 10.2. The van der Waals surface area contributed by atoms with Crippen molar-refractivity contribution in [1.82, 2.24) is 31.9 Å². The Morgan fingerprint density at radius 2 is 0.776 bits per heavy atom. The van der Waals surface area contributed by atoms with Crippen LogP contribution >= 0.6 is 0 Å². The summed E-state index contributed by atoms with van der Waals surface area (Å²) in [6.45, 7) is -2.49. The smallest absolute Gasteiger partial charge is 0.322 e. The van der Waals surface area contributed by atoms with Crippen molar-refractivity contribution in [3.05, 3.63) is 0 Å². The van der Waals surface area contributed by atoms with E-state index in [0.29, 0.717) is 0 Å². The van der Waals surface area contributed by atoms with E-state index in [0.717, 1.165) is 0 Å². The van der Waals surface area contributed by atoms with Gasteiger partial charge in [0.05, 0.1) is 19.1 Å². The zero-order chi connectivity index (χ0) is 37.7. The molecule has 0 aliphatic rings. The largest absolute Gasteiger partial charge is 0.481 e. The first-order valence-electron chi connectivity index (χ1n) is 14.4. The number of hydrogen-bond donors (Lipinski definition) is 12. The summed E-state index contributed by atoms with van der Waals surface area (Å²) in [4.78, 5) is 129. The van der Waals surface area contributed by atoms with Crippen molar-refractivity contribution >= 4 is 65.3 Å². The predicted molar refractivity (Wildman–Crippen MR) is 158 cm³/mol. The summed E-state index contributed by atoms with van der Waals surface area (Å²) in [6, 6.07) is -6.04. The van der Waals surface area contributed by atoms with Crippen LogP contribution in [0.4, 0.5) is 0 Å². The van der Waals surface area contributed by atoms with Crippen molar-refractivity contribution in [1.29, 1.82) is 0 Å². The average molecular weight is 706 g/mol. The van der Waals surface area contributed by atoms with Gasteiger partial charge in [0, 0.05) is 25.7 Å². The molecule has 0 aromatic carbocycles. The highest BCUT2D eigenvalue weighted by molar-refractivity contribution is 5.95. The Morgan fingerprint density at radius 1 is 0.408 bits per heavy atom. The molecule has 0 fully saturated rings. The molecule has 6 amide bonds. The van der Waals surface area contributed by atoms with E-state index in [-0.39, 0.29) is 6.42 Å². The molecule has 0 saturated carbocycles. The van der Waals surface area contributed by atoms with Crippen LogP contribution in [0.5, 0.6) is 0 Å². The lowest BCUT2D eigenvalue weighted by atomic mass is 10.1. The van der Waals surface area contributed by atoms with Crippen LogP contribution in [0, 0.1) is 0 Å². The molecule has 49 heavy (non-hydrogen) atoms. The standard InChI is InChI=1S/C26H39N7O16/c27-12(1-5-18(36)37)23(46)32-13(2-6-19(38)39)24(47)29-9-16(34)28-10-17(35)31-15(4-8-21(42)43)26(49)33-14(3-7-20(40)41)25(48)30-11-22(44)45/h12-15H,1-11,27H2,(H,28,34)(H,29,47)(H,30,48)(H,31,35)(H,32,46)(H,33,49)(H,36,37)(H,38,39)(H,40,41)(H,42,43)(H,44,45)/t12-,13-,14-,15-/m0/s1. The third kappa shape index (κ3) is 20.8. The van der Waals surface area contributed by atoms with Crippen LogP contribution in [-0.2, 0) is 52.7 Å². The highest BCUT2D eigenvalue weighted by Crippen LogP contribution is 2.04. The van der Waals surface area contributed by atoms with Gasteiger partial charge in [0.2, 0.25) is 35.4 Å². The summed E-state index contributed by atoms with van der Waals surface area (Å²) in [5, 5.41) is 56.9. The molecule has 274 valence electrons. The van der Waals surface area contributed by atoms with Gasteiger partial charge in [-0.2, -0.15) is 0 Å². The monoisotopic (exact) mass is 705 g/mol. The highest BCUT2D eigenvalue weighted by Gasteiger charge is 2.29. The maximum atomic E-state index is 12.9. The molecule has 23 nitrogen and oxygen atoms in total. The SMILES string of the molecule is N[C@@H](CCC(=O)O)C(=O)N[C@@H](CCC(=O)O)C(=O)NCC(=O)NCC(=O)N[C@@H](CCC(=O)O)C(=O)N[C@@H](CCC(=O)O)C(=O)NCC(=O)O. The molecule has 13 N–H and O–H groups in total. The number of nitrogens with one attached hydrogen (secondary N) is 6. The molecule has 23 heteroatoms. The van der Waals surface area contributed by atoms with E-state index in [1.807, 2.05) is 5.32 Å². The van der Waals surface area contributed by atoms with Gasteiger partial charge in [-0.25, -0.2) is 0 Å². The minimum Gasteiger partial charge on any atom is -0.481 e. The van der Waals surface area contributed by atoms with E-state index in [1.54, 1.807) is 0 Å². The van der Waals surface area contributed by atoms with Gasteiger partial charge in [-0.05, 0) is 25.7 Å². The molecule has 0 unspecified atom stereocenters. The highest BCUT2D eigenvalue weighted by atomic mass is 16.4. The number of carbonyl (C=O) groups excluding carboxylic acids is 6. The first-order chi connectivity index (χ1) is 22.8. The Labute approximate surface area is 276 Å². The van der Waals surface area contributed by atoms with Gasteiger partial charge in [-0.15, -0.1) is 0 Å². The Kier molecular flexibility index (Phi) is 19.9. The lowest BCUT2D eigenvalue weighted by Gasteiger charge is -2.22. The van der Waals surface area contributed by atoms with Gasteiger partial charge in [0.1, 0.15) is 24.7 Å². The number of amides is 6. The van der Waals surface area contributed by atoms with Crippen molar-refractivity contribution in [2.45, 2.75) is 75.5 Å². The quantitative estimate of drug-likeness (QED) is 0.0422. The molecule has 0 aromatic rings. The number of carbonyl (C=O) groups is 11. The van der Waals surface area contributed by atoms with Crippen molar-refractivity contribution in [3.63, 3.8) is 0 Å². The van der Waals surface area contributed by atoms with Crippen LogP contribution < -0.4 is 37.6 Å². The normalized spacial score (nSPS) is 12.8. The summed E-state index contributed by atoms with van der Waals surface area (Å²) < 4.78 is 0. The third-order valence-corrected chi connectivity index (χ3v) is 6.15.